The minimum absolute atomic E-state index is 0.246. The molecule has 0 atom stereocenters. The van der Waals surface area contributed by atoms with E-state index in [-0.39, 0.29) is 10.0 Å². The Morgan fingerprint density at radius 1 is 1.16 bits per heavy atom. The van der Waals surface area contributed by atoms with Crippen LogP contribution >= 0.6 is 23.5 Å². The third kappa shape index (κ3) is 3.83. The number of hydrogen-bond donors (Lipinski definition) is 2. The van der Waals surface area contributed by atoms with E-state index in [0.29, 0.717) is 11.5 Å². The van der Waals surface area contributed by atoms with Gasteiger partial charge >= 0.3 is 0 Å². The molecule has 0 aliphatic heterocycles. The lowest BCUT2D eigenvalue weighted by molar-refractivity contribution is 0.566. The highest BCUT2D eigenvalue weighted by Gasteiger charge is 2.13. The van der Waals surface area contributed by atoms with Crippen molar-refractivity contribution in [1.82, 2.24) is 9.97 Å². The molecule has 2 heterocycles. The molecule has 0 saturated heterocycles. The molecule has 1 aromatic carbocycles. The third-order valence-corrected chi connectivity index (χ3v) is 4.69. The van der Waals surface area contributed by atoms with Crippen LogP contribution < -0.4 is 10.5 Å². The van der Waals surface area contributed by atoms with E-state index >= 15 is 0 Å². The van der Waals surface area contributed by atoms with E-state index in [1.807, 2.05) is 13.0 Å². The standard InChI is InChI=1S/C17H13ClF2N4S/c1-9-12(10-4-5-22-15(21)6-10)8-23-17(18)16(9)24-25-14-3-2-11(19)7-13(14)20/h2-8,24H,1H3,(H2,21,22). The molecule has 0 unspecified atom stereocenters. The second kappa shape index (κ2) is 7.25. The Balaban J connectivity index is 1.92. The van der Waals surface area contributed by atoms with Crippen molar-refractivity contribution in [3.8, 4) is 11.1 Å². The molecule has 2 aromatic heterocycles. The van der Waals surface area contributed by atoms with Crippen molar-refractivity contribution in [2.75, 3.05) is 10.5 Å². The zero-order valence-corrected chi connectivity index (χ0v) is 14.6. The summed E-state index contributed by atoms with van der Waals surface area (Å²) in [6, 6.07) is 6.91. The Morgan fingerprint density at radius 2 is 1.96 bits per heavy atom. The van der Waals surface area contributed by atoms with E-state index in [2.05, 4.69) is 14.7 Å². The van der Waals surface area contributed by atoms with Gasteiger partial charge in [0.2, 0.25) is 0 Å². The van der Waals surface area contributed by atoms with Crippen molar-refractivity contribution in [1.29, 1.82) is 0 Å². The predicted octanol–water partition coefficient (Wildman–Crippen LogP) is 5.09. The maximum atomic E-state index is 13.8. The van der Waals surface area contributed by atoms with Gasteiger partial charge in [-0.2, -0.15) is 0 Å². The monoisotopic (exact) mass is 378 g/mol. The van der Waals surface area contributed by atoms with Crippen LogP contribution in [0.4, 0.5) is 20.3 Å². The van der Waals surface area contributed by atoms with E-state index in [0.717, 1.165) is 34.7 Å². The Hall–Kier alpha value is -2.38. The smallest absolute Gasteiger partial charge is 0.153 e. The molecule has 3 rings (SSSR count). The van der Waals surface area contributed by atoms with E-state index in [9.17, 15) is 8.78 Å². The molecule has 8 heteroatoms. The Kier molecular flexibility index (Phi) is 5.06. The highest BCUT2D eigenvalue weighted by molar-refractivity contribution is 8.00. The minimum atomic E-state index is -0.655. The SMILES string of the molecule is Cc1c(-c2ccnc(N)c2)cnc(Cl)c1NSc1ccc(F)cc1F. The van der Waals surface area contributed by atoms with Crippen LogP contribution in [0.15, 0.2) is 47.6 Å². The lowest BCUT2D eigenvalue weighted by atomic mass is 10.0. The number of nitrogens with one attached hydrogen (secondary N) is 1. The summed E-state index contributed by atoms with van der Waals surface area (Å²) in [5.41, 5.74) is 8.76. The van der Waals surface area contributed by atoms with Crippen molar-refractivity contribution >= 4 is 35.1 Å². The highest BCUT2D eigenvalue weighted by atomic mass is 35.5. The normalized spacial score (nSPS) is 10.7. The van der Waals surface area contributed by atoms with Crippen LogP contribution in [0.25, 0.3) is 11.1 Å². The van der Waals surface area contributed by atoms with Crippen LogP contribution in [-0.2, 0) is 0 Å². The quantitative estimate of drug-likeness (QED) is 0.489. The molecule has 0 amide bonds. The molecule has 0 aliphatic rings. The lowest BCUT2D eigenvalue weighted by Gasteiger charge is -2.14. The number of nitrogens with two attached hydrogens (primary N) is 1. The van der Waals surface area contributed by atoms with Crippen LogP contribution in [0.1, 0.15) is 5.56 Å². The van der Waals surface area contributed by atoms with Gasteiger partial charge < -0.3 is 10.5 Å². The Bertz CT molecular complexity index is 937. The van der Waals surface area contributed by atoms with Crippen LogP contribution in [0.2, 0.25) is 5.15 Å². The van der Waals surface area contributed by atoms with Gasteiger partial charge in [0.05, 0.1) is 10.6 Å². The minimum Gasteiger partial charge on any atom is -0.384 e. The fourth-order valence-electron chi connectivity index (χ4n) is 2.26. The number of nitrogens with zero attached hydrogens (tertiary/aromatic N) is 2. The predicted molar refractivity (Wildman–Crippen MR) is 97.5 cm³/mol. The number of hydrogen-bond acceptors (Lipinski definition) is 5. The van der Waals surface area contributed by atoms with Crippen molar-refractivity contribution in [3.63, 3.8) is 0 Å². The third-order valence-electron chi connectivity index (χ3n) is 3.54. The number of anilines is 2. The summed E-state index contributed by atoms with van der Waals surface area (Å²) >= 11 is 7.16. The van der Waals surface area contributed by atoms with E-state index < -0.39 is 11.6 Å². The fraction of sp³-hybridized carbons (Fsp3) is 0.0588. The second-order valence-electron chi connectivity index (χ2n) is 5.21. The average Bonchev–Trinajstić information content (AvgIpc) is 2.56. The Labute approximate surface area is 152 Å². The summed E-state index contributed by atoms with van der Waals surface area (Å²) in [6.45, 7) is 1.86. The largest absolute Gasteiger partial charge is 0.384 e. The summed E-state index contributed by atoms with van der Waals surface area (Å²) in [7, 11) is 0. The summed E-state index contributed by atoms with van der Waals surface area (Å²) in [4.78, 5) is 8.38. The van der Waals surface area contributed by atoms with Crippen molar-refractivity contribution in [2.45, 2.75) is 11.8 Å². The second-order valence-corrected chi connectivity index (χ2v) is 6.42. The van der Waals surface area contributed by atoms with Crippen molar-refractivity contribution < 1.29 is 8.78 Å². The maximum Gasteiger partial charge on any atom is 0.153 e. The number of aromatic nitrogens is 2. The summed E-state index contributed by atoms with van der Waals surface area (Å²) in [5.74, 6) is -0.892. The van der Waals surface area contributed by atoms with Crippen LogP contribution in [0.3, 0.4) is 0 Å². The zero-order chi connectivity index (χ0) is 18.0. The van der Waals surface area contributed by atoms with Gasteiger partial charge in [-0.1, -0.05) is 11.6 Å². The molecule has 4 nitrogen and oxygen atoms in total. The Morgan fingerprint density at radius 3 is 2.68 bits per heavy atom. The zero-order valence-electron chi connectivity index (χ0n) is 13.1. The molecular weight excluding hydrogens is 366 g/mol. The van der Waals surface area contributed by atoms with E-state index in [1.165, 1.54) is 12.1 Å². The molecule has 0 aliphatic carbocycles. The van der Waals surface area contributed by atoms with E-state index in [1.54, 1.807) is 18.5 Å². The van der Waals surface area contributed by atoms with Crippen molar-refractivity contribution in [3.05, 3.63) is 65.1 Å². The van der Waals surface area contributed by atoms with Crippen LogP contribution in [0, 0.1) is 18.6 Å². The molecule has 128 valence electrons. The fourth-order valence-corrected chi connectivity index (χ4v) is 3.31. The average molecular weight is 379 g/mol. The van der Waals surface area contributed by atoms with Gasteiger partial charge in [0, 0.05) is 24.0 Å². The van der Waals surface area contributed by atoms with E-state index in [4.69, 9.17) is 17.3 Å². The number of pyridine rings is 2. The topological polar surface area (TPSA) is 63.8 Å². The molecule has 3 aromatic rings. The molecule has 0 spiro atoms. The summed E-state index contributed by atoms with van der Waals surface area (Å²) in [6.07, 6.45) is 3.25. The summed E-state index contributed by atoms with van der Waals surface area (Å²) < 4.78 is 29.8. The molecule has 25 heavy (non-hydrogen) atoms. The summed E-state index contributed by atoms with van der Waals surface area (Å²) in [5, 5.41) is 0.248. The van der Waals surface area contributed by atoms with Gasteiger partial charge in [-0.05, 0) is 54.3 Å². The van der Waals surface area contributed by atoms with Gasteiger partial charge in [0.25, 0.3) is 0 Å². The van der Waals surface area contributed by atoms with Crippen LogP contribution in [-0.4, -0.2) is 9.97 Å². The molecule has 0 bridgehead atoms. The first-order valence-corrected chi connectivity index (χ1v) is 8.40. The first-order chi connectivity index (χ1) is 12.0. The number of nitrogen functional groups attached to an aromatic ring is 1. The first-order valence-electron chi connectivity index (χ1n) is 7.20. The molecule has 0 radical (unpaired) electrons. The molecule has 3 N–H and O–H groups in total. The number of benzene rings is 1. The van der Waals surface area contributed by atoms with Crippen molar-refractivity contribution in [2.24, 2.45) is 0 Å². The van der Waals surface area contributed by atoms with Gasteiger partial charge in [-0.3, -0.25) is 0 Å². The van der Waals surface area contributed by atoms with Gasteiger partial charge in [-0.15, -0.1) is 0 Å². The van der Waals surface area contributed by atoms with Gasteiger partial charge in [0.15, 0.2) is 5.15 Å². The number of rotatable bonds is 4. The van der Waals surface area contributed by atoms with Gasteiger partial charge in [-0.25, -0.2) is 18.7 Å². The highest BCUT2D eigenvalue weighted by Crippen LogP contribution is 2.35. The molecular formula is C17H13ClF2N4S. The number of halogens is 3. The lowest BCUT2D eigenvalue weighted by Crippen LogP contribution is -1.98. The maximum absolute atomic E-state index is 13.8. The van der Waals surface area contributed by atoms with Crippen LogP contribution in [0.5, 0.6) is 0 Å². The molecule has 0 saturated carbocycles. The van der Waals surface area contributed by atoms with Gasteiger partial charge in [0.1, 0.15) is 17.5 Å². The first kappa shape index (κ1) is 17.4. The molecule has 0 fully saturated rings.